The van der Waals surface area contributed by atoms with Crippen LogP contribution in [0.5, 0.6) is 5.75 Å². The van der Waals surface area contributed by atoms with Crippen LogP contribution in [0.3, 0.4) is 0 Å². The number of hydrogen-bond acceptors (Lipinski definition) is 4. The van der Waals surface area contributed by atoms with E-state index in [9.17, 15) is 9.18 Å². The summed E-state index contributed by atoms with van der Waals surface area (Å²) in [6, 6.07) is 4.39. The summed E-state index contributed by atoms with van der Waals surface area (Å²) < 4.78 is 17.3. The maximum Gasteiger partial charge on any atom is 0.320 e. The molecular weight excluding hydrogens is 269 g/mol. The molecule has 0 radical (unpaired) electrons. The number of alkyl halides is 1. The second kappa shape index (κ2) is 8.01. The highest BCUT2D eigenvalue weighted by atomic mass is 32.2. The zero-order chi connectivity index (χ0) is 14.3. The van der Waals surface area contributed by atoms with Crippen molar-refractivity contribution < 1.29 is 19.0 Å². The minimum atomic E-state index is -1.04. The second-order valence-corrected chi connectivity index (χ2v) is 5.19. The molecule has 0 heterocycles. The molecule has 6 heteroatoms. The van der Waals surface area contributed by atoms with Crippen LogP contribution in [0.25, 0.3) is 0 Å². The van der Waals surface area contributed by atoms with Crippen molar-refractivity contribution in [2.24, 2.45) is 5.73 Å². The van der Waals surface area contributed by atoms with Crippen LogP contribution in [-0.2, 0) is 11.2 Å². The molecule has 0 fully saturated rings. The van der Waals surface area contributed by atoms with E-state index < -0.39 is 18.7 Å². The Hall–Kier alpha value is -1.27. The minimum Gasteiger partial charge on any atom is -0.491 e. The van der Waals surface area contributed by atoms with Crippen LogP contribution in [-0.4, -0.2) is 36.2 Å². The fourth-order valence-corrected chi connectivity index (χ4v) is 2.39. The third-order valence-corrected chi connectivity index (χ3v) is 3.43. The maximum absolute atomic E-state index is 12.1. The Labute approximate surface area is 116 Å². The number of aliphatic carboxylic acids is 1. The Morgan fingerprint density at radius 2 is 2.32 bits per heavy atom. The first kappa shape index (κ1) is 15.8. The van der Waals surface area contributed by atoms with Crippen LogP contribution in [0.2, 0.25) is 0 Å². The Morgan fingerprint density at radius 1 is 1.58 bits per heavy atom. The lowest BCUT2D eigenvalue weighted by molar-refractivity contribution is -0.138. The first-order chi connectivity index (χ1) is 9.08. The highest BCUT2D eigenvalue weighted by Crippen LogP contribution is 2.27. The molecule has 1 aromatic carbocycles. The third kappa shape index (κ3) is 5.08. The lowest BCUT2D eigenvalue weighted by atomic mass is 10.1. The number of carbonyl (C=O) groups is 1. The van der Waals surface area contributed by atoms with E-state index in [1.165, 1.54) is 0 Å². The van der Waals surface area contributed by atoms with Crippen molar-refractivity contribution in [1.82, 2.24) is 0 Å². The molecule has 0 saturated carbocycles. The fourth-order valence-electron chi connectivity index (χ4n) is 1.58. The van der Waals surface area contributed by atoms with E-state index in [0.29, 0.717) is 5.75 Å². The van der Waals surface area contributed by atoms with Gasteiger partial charge in [0.2, 0.25) is 0 Å². The summed E-state index contributed by atoms with van der Waals surface area (Å²) >= 11 is 1.61. The van der Waals surface area contributed by atoms with E-state index in [0.717, 1.165) is 16.2 Å². The van der Waals surface area contributed by atoms with Gasteiger partial charge in [-0.15, -0.1) is 11.8 Å². The number of nitrogens with two attached hydrogens (primary N) is 1. The molecule has 0 aliphatic carbocycles. The van der Waals surface area contributed by atoms with Crippen molar-refractivity contribution in [1.29, 1.82) is 0 Å². The van der Waals surface area contributed by atoms with Gasteiger partial charge in [0.1, 0.15) is 25.1 Å². The van der Waals surface area contributed by atoms with E-state index in [1.807, 2.05) is 13.0 Å². The van der Waals surface area contributed by atoms with Crippen LogP contribution in [0.1, 0.15) is 12.5 Å². The van der Waals surface area contributed by atoms with Crippen LogP contribution >= 0.6 is 11.8 Å². The molecule has 0 saturated heterocycles. The summed E-state index contributed by atoms with van der Waals surface area (Å²) in [6.45, 7) is 1.44. The highest BCUT2D eigenvalue weighted by molar-refractivity contribution is 7.99. The lowest BCUT2D eigenvalue weighted by Crippen LogP contribution is -2.32. The summed E-state index contributed by atoms with van der Waals surface area (Å²) in [4.78, 5) is 11.8. The predicted molar refractivity (Wildman–Crippen MR) is 73.6 cm³/mol. The van der Waals surface area contributed by atoms with Gasteiger partial charge in [-0.3, -0.25) is 4.79 Å². The number of halogens is 1. The molecule has 1 aromatic rings. The fraction of sp³-hybridized carbons (Fsp3) is 0.462. The first-order valence-corrected chi connectivity index (χ1v) is 7.00. The Balaban J connectivity index is 2.90. The summed E-state index contributed by atoms with van der Waals surface area (Å²) in [6.07, 6.45) is 0.227. The van der Waals surface area contributed by atoms with Crippen LogP contribution < -0.4 is 10.5 Å². The normalized spacial score (nSPS) is 12.2. The van der Waals surface area contributed by atoms with Crippen molar-refractivity contribution in [2.75, 3.05) is 19.0 Å². The van der Waals surface area contributed by atoms with Gasteiger partial charge >= 0.3 is 5.97 Å². The van der Waals surface area contributed by atoms with E-state index >= 15 is 0 Å². The second-order valence-electron chi connectivity index (χ2n) is 3.89. The number of carboxylic acid groups (broad SMARTS) is 1. The molecule has 0 spiro atoms. The van der Waals surface area contributed by atoms with Crippen molar-refractivity contribution in [3.63, 3.8) is 0 Å². The van der Waals surface area contributed by atoms with Crippen molar-refractivity contribution in [2.45, 2.75) is 24.3 Å². The SMILES string of the molecule is CCSc1ccc(OCCF)cc1CC(N)C(=O)O. The maximum atomic E-state index is 12.1. The van der Waals surface area contributed by atoms with Crippen LogP contribution in [0.4, 0.5) is 4.39 Å². The molecule has 19 heavy (non-hydrogen) atoms. The largest absolute Gasteiger partial charge is 0.491 e. The van der Waals surface area contributed by atoms with Gasteiger partial charge in [-0.1, -0.05) is 6.92 Å². The first-order valence-electron chi connectivity index (χ1n) is 6.01. The molecule has 4 nitrogen and oxygen atoms in total. The van der Waals surface area contributed by atoms with Crippen LogP contribution in [0.15, 0.2) is 23.1 Å². The summed E-state index contributed by atoms with van der Waals surface area (Å²) in [5.41, 5.74) is 6.37. The molecule has 0 aromatic heterocycles. The van der Waals surface area contributed by atoms with Crippen molar-refractivity contribution >= 4 is 17.7 Å². The topological polar surface area (TPSA) is 72.5 Å². The molecule has 1 atom stereocenters. The summed E-state index contributed by atoms with van der Waals surface area (Å²) in [5.74, 6) is 0.369. The quantitative estimate of drug-likeness (QED) is 0.716. The van der Waals surface area contributed by atoms with Gasteiger partial charge in [-0.05, 0) is 35.9 Å². The van der Waals surface area contributed by atoms with E-state index in [1.54, 1.807) is 23.9 Å². The van der Waals surface area contributed by atoms with E-state index in [-0.39, 0.29) is 13.0 Å². The van der Waals surface area contributed by atoms with Gasteiger partial charge in [0.15, 0.2) is 0 Å². The Morgan fingerprint density at radius 3 is 2.89 bits per heavy atom. The molecule has 1 unspecified atom stereocenters. The average Bonchev–Trinajstić information content (AvgIpc) is 2.39. The third-order valence-electron chi connectivity index (χ3n) is 2.43. The standard InChI is InChI=1S/C13H18FNO3S/c1-2-19-12-4-3-10(18-6-5-14)7-9(12)8-11(15)13(16)17/h3-4,7,11H,2,5-6,8,15H2,1H3,(H,16,17). The van der Waals surface area contributed by atoms with E-state index in [2.05, 4.69) is 0 Å². The number of thioether (sulfide) groups is 1. The highest BCUT2D eigenvalue weighted by Gasteiger charge is 2.15. The number of benzene rings is 1. The van der Waals surface area contributed by atoms with Gasteiger partial charge in [0.05, 0.1) is 0 Å². The molecule has 0 aliphatic heterocycles. The number of ether oxygens (including phenoxy) is 1. The van der Waals surface area contributed by atoms with Gasteiger partial charge in [-0.25, -0.2) is 4.39 Å². The molecule has 1 rings (SSSR count). The number of carboxylic acids is 1. The smallest absolute Gasteiger partial charge is 0.320 e. The summed E-state index contributed by atoms with van der Waals surface area (Å²) in [5, 5.41) is 8.86. The Bertz CT molecular complexity index is 428. The van der Waals surface area contributed by atoms with Crippen molar-refractivity contribution in [3.05, 3.63) is 23.8 Å². The van der Waals surface area contributed by atoms with Crippen LogP contribution in [0, 0.1) is 0 Å². The zero-order valence-electron chi connectivity index (χ0n) is 10.8. The van der Waals surface area contributed by atoms with Gasteiger partial charge in [0.25, 0.3) is 0 Å². The Kier molecular flexibility index (Phi) is 6.66. The van der Waals surface area contributed by atoms with Gasteiger partial charge in [-0.2, -0.15) is 0 Å². The zero-order valence-corrected chi connectivity index (χ0v) is 11.6. The number of rotatable bonds is 8. The lowest BCUT2D eigenvalue weighted by Gasteiger charge is -2.13. The molecule has 106 valence electrons. The average molecular weight is 287 g/mol. The van der Waals surface area contributed by atoms with Crippen molar-refractivity contribution in [3.8, 4) is 5.75 Å². The predicted octanol–water partition coefficient (Wildman–Crippen LogP) is 2.10. The molecule has 3 N–H and O–H groups in total. The van der Waals surface area contributed by atoms with Gasteiger partial charge < -0.3 is 15.6 Å². The molecule has 0 bridgehead atoms. The molecule has 0 amide bonds. The minimum absolute atomic E-state index is 0.00923. The summed E-state index contributed by atoms with van der Waals surface area (Å²) in [7, 11) is 0. The number of hydrogen-bond donors (Lipinski definition) is 2. The molecular formula is C13H18FNO3S. The van der Waals surface area contributed by atoms with E-state index in [4.69, 9.17) is 15.6 Å². The monoisotopic (exact) mass is 287 g/mol. The van der Waals surface area contributed by atoms with Gasteiger partial charge in [0, 0.05) is 4.90 Å². The molecule has 0 aliphatic rings.